The quantitative estimate of drug-likeness (QED) is 0.311. The van der Waals surface area contributed by atoms with Crippen LogP contribution in [0.5, 0.6) is 0 Å². The molecule has 0 aliphatic heterocycles. The summed E-state index contributed by atoms with van der Waals surface area (Å²) in [5.41, 5.74) is 0.0436. The van der Waals surface area contributed by atoms with Gasteiger partial charge in [-0.15, -0.1) is 0 Å². The summed E-state index contributed by atoms with van der Waals surface area (Å²) in [7, 11) is -9.02. The second-order valence-corrected chi connectivity index (χ2v) is 9.25. The molecule has 0 saturated heterocycles. The average molecular weight is 481 g/mol. The van der Waals surface area contributed by atoms with Crippen LogP contribution in [-0.2, 0) is 20.2 Å². The van der Waals surface area contributed by atoms with E-state index in [0.717, 1.165) is 24.3 Å². The molecule has 152 valence electrons. The maximum atomic E-state index is 12.8. The van der Waals surface area contributed by atoms with Crippen molar-refractivity contribution in [3.8, 4) is 0 Å². The molecule has 9 nitrogen and oxygen atoms in total. The van der Waals surface area contributed by atoms with Crippen molar-refractivity contribution in [1.82, 2.24) is 4.98 Å². The first-order chi connectivity index (χ1) is 13.5. The van der Waals surface area contributed by atoms with E-state index in [1.165, 1.54) is 18.2 Å². The number of rotatable bonds is 3. The Morgan fingerprint density at radius 2 is 1.23 bits per heavy atom. The fraction of sp³-hybridized carbons (Fsp3) is 0.0556. The SMILES string of the molecule is O=C1c2ccc(S(=O)(=O)O)cc2C(=O)C1c1ccc2ccc(S(=O)(=O)O)cc2n1.[NaH].[NaH]. The molecule has 2 aromatic carbocycles. The van der Waals surface area contributed by atoms with Gasteiger partial charge in [-0.25, -0.2) is 0 Å². The number of fused-ring (bicyclic) bond motifs is 2. The normalized spacial score (nSPS) is 15.9. The van der Waals surface area contributed by atoms with Gasteiger partial charge in [-0.1, -0.05) is 12.1 Å². The molecular formula is C18H13NNa2O8S2. The number of pyridine rings is 1. The Morgan fingerprint density at radius 1 is 0.710 bits per heavy atom. The molecule has 31 heavy (non-hydrogen) atoms. The van der Waals surface area contributed by atoms with Gasteiger partial charge >= 0.3 is 59.1 Å². The Hall–Kier alpha value is -0.990. The molecule has 0 spiro atoms. The minimum atomic E-state index is -4.55. The minimum absolute atomic E-state index is 0. The van der Waals surface area contributed by atoms with Crippen LogP contribution in [0.4, 0.5) is 0 Å². The van der Waals surface area contributed by atoms with E-state index in [2.05, 4.69) is 4.98 Å². The van der Waals surface area contributed by atoms with Gasteiger partial charge in [0, 0.05) is 16.5 Å². The molecule has 0 bridgehead atoms. The number of ketones is 2. The van der Waals surface area contributed by atoms with Crippen LogP contribution in [0.15, 0.2) is 58.3 Å². The van der Waals surface area contributed by atoms with Crippen molar-refractivity contribution in [2.45, 2.75) is 15.7 Å². The van der Waals surface area contributed by atoms with E-state index in [1.807, 2.05) is 0 Å². The Morgan fingerprint density at radius 3 is 1.84 bits per heavy atom. The molecule has 1 aliphatic carbocycles. The van der Waals surface area contributed by atoms with Crippen LogP contribution >= 0.6 is 0 Å². The van der Waals surface area contributed by atoms with E-state index in [4.69, 9.17) is 4.55 Å². The van der Waals surface area contributed by atoms with Crippen molar-refractivity contribution in [3.05, 3.63) is 65.4 Å². The first-order valence-corrected chi connectivity index (χ1v) is 10.9. The van der Waals surface area contributed by atoms with E-state index in [9.17, 15) is 31.0 Å². The molecule has 0 saturated carbocycles. The fourth-order valence-electron chi connectivity index (χ4n) is 3.24. The molecule has 1 atom stereocenters. The number of hydrogen-bond acceptors (Lipinski definition) is 7. The molecular weight excluding hydrogens is 468 g/mol. The number of nitrogens with zero attached hydrogens (tertiary/aromatic N) is 1. The summed E-state index contributed by atoms with van der Waals surface area (Å²) in [5, 5.41) is 0.519. The first kappa shape index (κ1) is 26.3. The Kier molecular flexibility index (Phi) is 7.71. The van der Waals surface area contributed by atoms with E-state index in [-0.39, 0.29) is 86.3 Å². The van der Waals surface area contributed by atoms with Crippen LogP contribution in [0.25, 0.3) is 10.9 Å². The second-order valence-electron chi connectivity index (χ2n) is 6.41. The third-order valence-corrected chi connectivity index (χ3v) is 6.32. The van der Waals surface area contributed by atoms with Crippen LogP contribution in [0.2, 0.25) is 0 Å². The Balaban J connectivity index is 0.00000171. The zero-order chi connectivity index (χ0) is 21.1. The van der Waals surface area contributed by atoms with Gasteiger partial charge < -0.3 is 0 Å². The molecule has 1 aliphatic rings. The topological polar surface area (TPSA) is 156 Å². The molecule has 3 aromatic rings. The third-order valence-electron chi connectivity index (χ3n) is 4.62. The first-order valence-electron chi connectivity index (χ1n) is 8.05. The average Bonchev–Trinajstić information content (AvgIpc) is 2.89. The monoisotopic (exact) mass is 481 g/mol. The Bertz CT molecular complexity index is 1450. The van der Waals surface area contributed by atoms with Crippen LogP contribution < -0.4 is 0 Å². The van der Waals surface area contributed by atoms with Crippen LogP contribution in [0.1, 0.15) is 32.3 Å². The van der Waals surface area contributed by atoms with Crippen molar-refractivity contribution >= 4 is 102 Å². The van der Waals surface area contributed by atoms with Crippen molar-refractivity contribution in [2.75, 3.05) is 0 Å². The third kappa shape index (κ3) is 4.86. The second kappa shape index (κ2) is 9.10. The van der Waals surface area contributed by atoms with Crippen LogP contribution in [0.3, 0.4) is 0 Å². The van der Waals surface area contributed by atoms with Crippen molar-refractivity contribution in [2.24, 2.45) is 0 Å². The predicted molar refractivity (Wildman–Crippen MR) is 114 cm³/mol. The van der Waals surface area contributed by atoms with Gasteiger partial charge in [0.2, 0.25) is 0 Å². The van der Waals surface area contributed by atoms with E-state index in [1.54, 1.807) is 6.07 Å². The molecule has 0 amide bonds. The van der Waals surface area contributed by atoms with Crippen LogP contribution in [0, 0.1) is 0 Å². The molecule has 0 fully saturated rings. The Labute approximate surface area is 221 Å². The van der Waals surface area contributed by atoms with Gasteiger partial charge in [0.25, 0.3) is 20.2 Å². The fourth-order valence-corrected chi connectivity index (χ4v) is 4.24. The zero-order valence-electron chi connectivity index (χ0n) is 14.3. The van der Waals surface area contributed by atoms with Gasteiger partial charge in [-0.2, -0.15) is 16.8 Å². The van der Waals surface area contributed by atoms with Gasteiger partial charge in [-0.3, -0.25) is 23.7 Å². The number of carbonyl (C=O) groups is 2. The van der Waals surface area contributed by atoms with E-state index < -0.39 is 42.6 Å². The van der Waals surface area contributed by atoms with Crippen molar-refractivity contribution in [3.63, 3.8) is 0 Å². The van der Waals surface area contributed by atoms with Crippen molar-refractivity contribution < 1.29 is 35.5 Å². The van der Waals surface area contributed by atoms with Gasteiger partial charge in [0.1, 0.15) is 5.92 Å². The summed E-state index contributed by atoms with van der Waals surface area (Å²) in [6.07, 6.45) is 0. The molecule has 13 heteroatoms. The number of aromatic nitrogens is 1. The van der Waals surface area contributed by atoms with Gasteiger partial charge in [-0.05, 0) is 36.4 Å². The molecule has 1 heterocycles. The molecule has 2 N–H and O–H groups in total. The number of hydrogen-bond donors (Lipinski definition) is 2. The van der Waals surface area contributed by atoms with E-state index in [0.29, 0.717) is 5.39 Å². The summed E-state index contributed by atoms with van der Waals surface area (Å²) in [4.78, 5) is 28.8. The summed E-state index contributed by atoms with van der Waals surface area (Å²) >= 11 is 0. The molecule has 1 unspecified atom stereocenters. The summed E-state index contributed by atoms with van der Waals surface area (Å²) in [6.45, 7) is 0. The number of Topliss-reactive ketones (excluding diaryl/α,β-unsaturated/α-hetero) is 2. The van der Waals surface area contributed by atoms with Gasteiger partial charge in [0.05, 0.1) is 21.0 Å². The van der Waals surface area contributed by atoms with Gasteiger partial charge in [0.15, 0.2) is 11.6 Å². The predicted octanol–water partition coefficient (Wildman–Crippen LogP) is 0.594. The standard InChI is InChI=1S/C18H11NO8S2.2Na.2H/c20-17-12-5-4-10(28(22,23)24)7-13(12)18(21)16(17)14-6-2-9-1-3-11(29(25,26)27)8-15(9)19-14;;;;/h1-8,16H,(H,22,23,24)(H,25,26,27);;;;. The molecule has 4 rings (SSSR count). The summed E-state index contributed by atoms with van der Waals surface area (Å²) in [6, 6.07) is 9.80. The molecule has 1 aromatic heterocycles. The number of benzene rings is 2. The van der Waals surface area contributed by atoms with Crippen LogP contribution in [-0.4, -0.2) is 102 Å². The zero-order valence-corrected chi connectivity index (χ0v) is 15.9. The summed E-state index contributed by atoms with van der Waals surface area (Å²) < 4.78 is 63.6. The maximum absolute atomic E-state index is 12.8. The van der Waals surface area contributed by atoms with Crippen molar-refractivity contribution in [1.29, 1.82) is 0 Å². The summed E-state index contributed by atoms with van der Waals surface area (Å²) in [5.74, 6) is -2.61. The number of carbonyl (C=O) groups excluding carboxylic acids is 2. The van der Waals surface area contributed by atoms with E-state index >= 15 is 0 Å². The molecule has 0 radical (unpaired) electrons.